The molecular formula is C19H20FNO5. The molecule has 2 aromatic rings. The summed E-state index contributed by atoms with van der Waals surface area (Å²) in [5, 5.41) is 11.8. The van der Waals surface area contributed by atoms with Crippen LogP contribution in [0.2, 0.25) is 0 Å². The molecule has 1 amide bonds. The monoisotopic (exact) mass is 361 g/mol. The van der Waals surface area contributed by atoms with E-state index >= 15 is 0 Å². The average molecular weight is 361 g/mol. The Morgan fingerprint density at radius 3 is 2.50 bits per heavy atom. The number of amides is 1. The molecule has 0 aliphatic rings. The summed E-state index contributed by atoms with van der Waals surface area (Å²) in [6, 6.07) is 11.0. The maximum Gasteiger partial charge on any atom is 0.330 e. The number of carboxylic acid groups (broad SMARTS) is 1. The molecule has 2 rings (SSSR count). The first-order chi connectivity index (χ1) is 12.5. The van der Waals surface area contributed by atoms with Crippen LogP contribution in [0.3, 0.4) is 0 Å². The van der Waals surface area contributed by atoms with E-state index in [1.165, 1.54) is 25.3 Å². The van der Waals surface area contributed by atoms with Crippen LogP contribution in [0.5, 0.6) is 11.5 Å². The van der Waals surface area contributed by atoms with E-state index in [1.54, 1.807) is 30.3 Å². The number of aliphatic carboxylic acids is 1. The maximum absolute atomic E-state index is 13.0. The van der Waals surface area contributed by atoms with Crippen molar-refractivity contribution < 1.29 is 28.6 Å². The topological polar surface area (TPSA) is 84.9 Å². The molecule has 0 aliphatic heterocycles. The van der Waals surface area contributed by atoms with Gasteiger partial charge >= 0.3 is 5.97 Å². The molecular weight excluding hydrogens is 341 g/mol. The Kier molecular flexibility index (Phi) is 6.96. The number of rotatable bonds is 9. The van der Waals surface area contributed by atoms with Crippen molar-refractivity contribution in [1.82, 2.24) is 5.32 Å². The zero-order valence-electron chi connectivity index (χ0n) is 14.3. The average Bonchev–Trinajstić information content (AvgIpc) is 2.63. The van der Waals surface area contributed by atoms with Crippen molar-refractivity contribution in [3.8, 4) is 11.5 Å². The molecule has 26 heavy (non-hydrogen) atoms. The fraction of sp³-hybridized carbons (Fsp3) is 0.263. The lowest BCUT2D eigenvalue weighted by Crippen LogP contribution is -2.33. The molecule has 0 aliphatic carbocycles. The van der Waals surface area contributed by atoms with Crippen LogP contribution < -0.4 is 14.8 Å². The molecule has 7 heteroatoms. The minimum Gasteiger partial charge on any atom is -0.497 e. The molecule has 0 aromatic heterocycles. The fourth-order valence-corrected chi connectivity index (χ4v) is 2.30. The van der Waals surface area contributed by atoms with Crippen molar-refractivity contribution in [3.05, 3.63) is 59.9 Å². The van der Waals surface area contributed by atoms with E-state index in [9.17, 15) is 19.1 Å². The Morgan fingerprint density at radius 2 is 1.88 bits per heavy atom. The number of methoxy groups -OCH3 is 1. The number of ether oxygens (including phenoxy) is 2. The van der Waals surface area contributed by atoms with Gasteiger partial charge in [0.15, 0.2) is 6.04 Å². The Bertz CT molecular complexity index is 748. The van der Waals surface area contributed by atoms with E-state index in [0.29, 0.717) is 23.5 Å². The highest BCUT2D eigenvalue weighted by molar-refractivity contribution is 5.84. The minimum absolute atomic E-state index is 0.0925. The molecule has 2 N–H and O–H groups in total. The minimum atomic E-state index is -1.15. The summed E-state index contributed by atoms with van der Waals surface area (Å²) >= 11 is 0. The van der Waals surface area contributed by atoms with Gasteiger partial charge in [-0.2, -0.15) is 0 Å². The summed E-state index contributed by atoms with van der Waals surface area (Å²) in [7, 11) is 1.51. The van der Waals surface area contributed by atoms with E-state index < -0.39 is 23.7 Å². The second-order valence-corrected chi connectivity index (χ2v) is 5.52. The predicted octanol–water partition coefficient (Wildman–Crippen LogP) is 2.94. The molecule has 0 heterocycles. The van der Waals surface area contributed by atoms with Gasteiger partial charge in [0.2, 0.25) is 5.91 Å². The number of carbonyl (C=O) groups excluding carboxylic acids is 1. The normalized spacial score (nSPS) is 11.5. The molecule has 0 spiro atoms. The molecule has 0 saturated heterocycles. The number of carboxylic acids is 1. The van der Waals surface area contributed by atoms with Gasteiger partial charge in [-0.15, -0.1) is 0 Å². The Labute approximate surface area is 150 Å². The first-order valence-electron chi connectivity index (χ1n) is 8.04. The van der Waals surface area contributed by atoms with Gasteiger partial charge in [-0.1, -0.05) is 18.2 Å². The molecule has 138 valence electrons. The van der Waals surface area contributed by atoms with Crippen LogP contribution in [0, 0.1) is 5.82 Å². The summed E-state index contributed by atoms with van der Waals surface area (Å²) in [5.41, 5.74) is 0.447. The third-order valence-electron chi connectivity index (χ3n) is 3.61. The van der Waals surface area contributed by atoms with E-state index in [2.05, 4.69) is 5.32 Å². The van der Waals surface area contributed by atoms with Crippen molar-refractivity contribution >= 4 is 11.9 Å². The molecule has 1 unspecified atom stereocenters. The Morgan fingerprint density at radius 1 is 1.15 bits per heavy atom. The molecule has 2 aromatic carbocycles. The number of carbonyl (C=O) groups is 2. The van der Waals surface area contributed by atoms with Crippen LogP contribution in [-0.2, 0) is 9.59 Å². The number of halogens is 1. The summed E-state index contributed by atoms with van der Waals surface area (Å²) in [6.07, 6.45) is 0.465. The van der Waals surface area contributed by atoms with E-state index in [4.69, 9.17) is 9.47 Å². The zero-order valence-corrected chi connectivity index (χ0v) is 14.3. The molecule has 0 radical (unpaired) electrons. The summed E-state index contributed by atoms with van der Waals surface area (Å²) in [4.78, 5) is 23.4. The molecule has 1 atom stereocenters. The van der Waals surface area contributed by atoms with Crippen LogP contribution in [0.15, 0.2) is 48.5 Å². The lowest BCUT2D eigenvalue weighted by molar-refractivity contribution is -0.142. The van der Waals surface area contributed by atoms with E-state index in [0.717, 1.165) is 0 Å². The smallest absolute Gasteiger partial charge is 0.330 e. The van der Waals surface area contributed by atoms with Crippen molar-refractivity contribution in [3.63, 3.8) is 0 Å². The van der Waals surface area contributed by atoms with Gasteiger partial charge in [-0.25, -0.2) is 9.18 Å². The van der Waals surface area contributed by atoms with Crippen LogP contribution in [0.25, 0.3) is 0 Å². The number of hydrogen-bond acceptors (Lipinski definition) is 4. The summed E-state index contributed by atoms with van der Waals surface area (Å²) < 4.78 is 23.4. The van der Waals surface area contributed by atoms with E-state index in [1.807, 2.05) is 0 Å². The van der Waals surface area contributed by atoms with Gasteiger partial charge < -0.3 is 19.9 Å². The number of nitrogens with one attached hydrogen (secondary N) is 1. The highest BCUT2D eigenvalue weighted by Gasteiger charge is 2.21. The van der Waals surface area contributed by atoms with Crippen LogP contribution in [0.1, 0.15) is 24.4 Å². The molecule has 6 nitrogen and oxygen atoms in total. The van der Waals surface area contributed by atoms with Crippen LogP contribution in [-0.4, -0.2) is 30.7 Å². The quantitative estimate of drug-likeness (QED) is 0.671. The van der Waals surface area contributed by atoms with Gasteiger partial charge in [0.25, 0.3) is 0 Å². The van der Waals surface area contributed by atoms with Crippen molar-refractivity contribution in [2.24, 2.45) is 0 Å². The van der Waals surface area contributed by atoms with E-state index in [-0.39, 0.29) is 13.0 Å². The highest BCUT2D eigenvalue weighted by Crippen LogP contribution is 2.18. The second-order valence-electron chi connectivity index (χ2n) is 5.52. The fourth-order valence-electron chi connectivity index (χ4n) is 2.30. The molecule has 0 fully saturated rings. The first kappa shape index (κ1) is 19.2. The lowest BCUT2D eigenvalue weighted by atomic mass is 10.1. The Balaban J connectivity index is 1.82. The SMILES string of the molecule is COc1ccc(C(NC(=O)CCCOc2cccc(F)c2)C(=O)O)cc1. The number of hydrogen-bond donors (Lipinski definition) is 2. The summed E-state index contributed by atoms with van der Waals surface area (Å²) in [6.45, 7) is 0.219. The standard InChI is InChI=1S/C19H20FNO5/c1-25-15-9-7-13(8-10-15)18(19(23)24)21-17(22)6-3-11-26-16-5-2-4-14(20)12-16/h2,4-5,7-10,12,18H,3,6,11H2,1H3,(H,21,22)(H,23,24). The van der Waals surface area contributed by atoms with Gasteiger partial charge in [-0.05, 0) is 36.2 Å². The third kappa shape index (κ3) is 5.77. The van der Waals surface area contributed by atoms with Gasteiger partial charge in [0.05, 0.1) is 13.7 Å². The summed E-state index contributed by atoms with van der Waals surface area (Å²) in [5.74, 6) is -0.981. The molecule has 0 bridgehead atoms. The van der Waals surface area contributed by atoms with Crippen molar-refractivity contribution in [2.75, 3.05) is 13.7 Å². The largest absolute Gasteiger partial charge is 0.497 e. The second kappa shape index (κ2) is 9.41. The van der Waals surface area contributed by atoms with Crippen molar-refractivity contribution in [1.29, 1.82) is 0 Å². The van der Waals surface area contributed by atoms with Crippen LogP contribution in [0.4, 0.5) is 4.39 Å². The zero-order chi connectivity index (χ0) is 18.9. The third-order valence-corrected chi connectivity index (χ3v) is 3.61. The number of benzene rings is 2. The van der Waals surface area contributed by atoms with Crippen LogP contribution >= 0.6 is 0 Å². The molecule has 0 saturated carbocycles. The van der Waals surface area contributed by atoms with Gasteiger partial charge in [-0.3, -0.25) is 4.79 Å². The van der Waals surface area contributed by atoms with Crippen molar-refractivity contribution in [2.45, 2.75) is 18.9 Å². The first-order valence-corrected chi connectivity index (χ1v) is 8.04. The highest BCUT2D eigenvalue weighted by atomic mass is 19.1. The van der Waals surface area contributed by atoms with Gasteiger partial charge in [0, 0.05) is 12.5 Å². The predicted molar refractivity (Wildman–Crippen MR) is 92.6 cm³/mol. The Hall–Kier alpha value is -3.09. The van der Waals surface area contributed by atoms with Gasteiger partial charge in [0.1, 0.15) is 17.3 Å². The lowest BCUT2D eigenvalue weighted by Gasteiger charge is -2.15. The maximum atomic E-state index is 13.0.